The number of nitrogens with two attached hydrogens (primary N) is 1. The highest BCUT2D eigenvalue weighted by Crippen LogP contribution is 2.14. The molecule has 0 amide bonds. The van der Waals surface area contributed by atoms with Crippen LogP contribution in [0.25, 0.3) is 0 Å². The van der Waals surface area contributed by atoms with E-state index in [-0.39, 0.29) is 0 Å². The molecular weight excluding hydrogens is 234 g/mol. The summed E-state index contributed by atoms with van der Waals surface area (Å²) in [6.07, 6.45) is 0. The Balaban J connectivity index is 2.66. The van der Waals surface area contributed by atoms with Gasteiger partial charge in [-0.25, -0.2) is 0 Å². The molecule has 72 valence electrons. The molecule has 0 atom stereocenters. The van der Waals surface area contributed by atoms with Crippen molar-refractivity contribution in [2.45, 2.75) is 13.8 Å². The summed E-state index contributed by atoms with van der Waals surface area (Å²) in [5.41, 5.74) is 5.50. The van der Waals surface area contributed by atoms with Crippen LogP contribution in [0.1, 0.15) is 13.8 Å². The van der Waals surface area contributed by atoms with Crippen LogP contribution in [0.4, 0.5) is 5.82 Å². The summed E-state index contributed by atoms with van der Waals surface area (Å²) < 4.78 is 5.93. The van der Waals surface area contributed by atoms with Crippen molar-refractivity contribution < 1.29 is 4.74 Å². The molecule has 1 aromatic rings. The van der Waals surface area contributed by atoms with Crippen molar-refractivity contribution in [1.29, 1.82) is 0 Å². The molecule has 0 spiro atoms. The van der Waals surface area contributed by atoms with E-state index in [0.717, 1.165) is 0 Å². The molecule has 1 heterocycles. The van der Waals surface area contributed by atoms with Gasteiger partial charge in [-0.05, 0) is 21.8 Å². The van der Waals surface area contributed by atoms with Gasteiger partial charge < -0.3 is 10.5 Å². The fourth-order valence-electron chi connectivity index (χ4n) is 0.719. The molecule has 0 aliphatic carbocycles. The maximum absolute atomic E-state index is 5.50. The molecule has 0 unspecified atom stereocenters. The van der Waals surface area contributed by atoms with Gasteiger partial charge in [-0.3, -0.25) is 0 Å². The van der Waals surface area contributed by atoms with Crippen LogP contribution in [0.2, 0.25) is 0 Å². The zero-order valence-electron chi connectivity index (χ0n) is 7.62. The SMILES string of the molecule is CC(C)COc1nc(N)cc(Br)n1. The summed E-state index contributed by atoms with van der Waals surface area (Å²) in [5, 5.41) is 0. The number of nitrogen functional groups attached to an aromatic ring is 1. The predicted octanol–water partition coefficient (Wildman–Crippen LogP) is 1.86. The molecule has 2 N–H and O–H groups in total. The van der Waals surface area contributed by atoms with E-state index in [1.54, 1.807) is 6.07 Å². The minimum atomic E-state index is 0.320. The second-order valence-electron chi connectivity index (χ2n) is 3.10. The zero-order chi connectivity index (χ0) is 9.84. The van der Waals surface area contributed by atoms with E-state index >= 15 is 0 Å². The number of halogens is 1. The largest absolute Gasteiger partial charge is 0.463 e. The van der Waals surface area contributed by atoms with E-state index in [4.69, 9.17) is 10.5 Å². The number of rotatable bonds is 3. The lowest BCUT2D eigenvalue weighted by Gasteiger charge is -2.06. The van der Waals surface area contributed by atoms with Crippen LogP contribution in [0.3, 0.4) is 0 Å². The Morgan fingerprint density at radius 2 is 2.23 bits per heavy atom. The molecular formula is C8H12BrN3O. The van der Waals surface area contributed by atoms with E-state index in [1.807, 2.05) is 0 Å². The highest BCUT2D eigenvalue weighted by molar-refractivity contribution is 9.10. The summed E-state index contributed by atoms with van der Waals surface area (Å²) in [5.74, 6) is 0.851. The Labute approximate surface area is 85.7 Å². The summed E-state index contributed by atoms with van der Waals surface area (Å²) in [4.78, 5) is 7.93. The van der Waals surface area contributed by atoms with Crippen molar-refractivity contribution in [2.24, 2.45) is 5.92 Å². The quantitative estimate of drug-likeness (QED) is 0.827. The Kier molecular flexibility index (Phi) is 3.48. The van der Waals surface area contributed by atoms with Crippen molar-refractivity contribution in [3.05, 3.63) is 10.7 Å². The van der Waals surface area contributed by atoms with E-state index < -0.39 is 0 Å². The van der Waals surface area contributed by atoms with Crippen molar-refractivity contribution in [2.75, 3.05) is 12.3 Å². The topological polar surface area (TPSA) is 61.0 Å². The predicted molar refractivity (Wildman–Crippen MR) is 54.5 cm³/mol. The molecule has 1 aromatic heterocycles. The van der Waals surface area contributed by atoms with Gasteiger partial charge in [-0.1, -0.05) is 13.8 Å². The molecule has 0 aliphatic rings. The second-order valence-corrected chi connectivity index (χ2v) is 3.92. The summed E-state index contributed by atoms with van der Waals surface area (Å²) in [7, 11) is 0. The number of ether oxygens (including phenoxy) is 1. The molecule has 0 radical (unpaired) electrons. The number of aromatic nitrogens is 2. The standard InChI is InChI=1S/C8H12BrN3O/c1-5(2)4-13-8-11-6(9)3-7(10)12-8/h3,5H,4H2,1-2H3,(H2,10,11,12). The van der Waals surface area contributed by atoms with Gasteiger partial charge in [0.25, 0.3) is 0 Å². The highest BCUT2D eigenvalue weighted by Gasteiger charge is 2.02. The summed E-state index contributed by atoms with van der Waals surface area (Å²) in [6, 6.07) is 1.95. The monoisotopic (exact) mass is 245 g/mol. The fourth-order valence-corrected chi connectivity index (χ4v) is 1.11. The Morgan fingerprint density at radius 1 is 1.54 bits per heavy atom. The fraction of sp³-hybridized carbons (Fsp3) is 0.500. The van der Waals surface area contributed by atoms with Gasteiger partial charge in [0.15, 0.2) is 0 Å². The van der Waals surface area contributed by atoms with Gasteiger partial charge in [-0.2, -0.15) is 9.97 Å². The molecule has 0 aromatic carbocycles. The maximum Gasteiger partial charge on any atom is 0.319 e. The van der Waals surface area contributed by atoms with Crippen molar-refractivity contribution in [3.63, 3.8) is 0 Å². The van der Waals surface area contributed by atoms with Crippen LogP contribution < -0.4 is 10.5 Å². The summed E-state index contributed by atoms with van der Waals surface area (Å²) >= 11 is 3.21. The number of anilines is 1. The molecule has 13 heavy (non-hydrogen) atoms. The molecule has 0 bridgehead atoms. The maximum atomic E-state index is 5.50. The minimum absolute atomic E-state index is 0.320. The van der Waals surface area contributed by atoms with Gasteiger partial charge in [0.1, 0.15) is 10.4 Å². The molecule has 0 fully saturated rings. The number of nitrogens with zero attached hydrogens (tertiary/aromatic N) is 2. The average Bonchev–Trinajstić information content (AvgIpc) is 1.99. The lowest BCUT2D eigenvalue weighted by Crippen LogP contribution is -2.07. The van der Waals surface area contributed by atoms with E-state index in [9.17, 15) is 0 Å². The first kappa shape index (κ1) is 10.2. The van der Waals surface area contributed by atoms with Crippen LogP contribution in [0.15, 0.2) is 10.7 Å². The molecule has 5 heteroatoms. The van der Waals surface area contributed by atoms with Gasteiger partial charge in [0.05, 0.1) is 6.61 Å². The van der Waals surface area contributed by atoms with Crippen LogP contribution in [-0.4, -0.2) is 16.6 Å². The second kappa shape index (κ2) is 4.41. The van der Waals surface area contributed by atoms with Crippen LogP contribution in [-0.2, 0) is 0 Å². The third-order valence-corrected chi connectivity index (χ3v) is 1.65. The van der Waals surface area contributed by atoms with Gasteiger partial charge in [-0.15, -0.1) is 0 Å². The van der Waals surface area contributed by atoms with Gasteiger partial charge in [0.2, 0.25) is 0 Å². The van der Waals surface area contributed by atoms with Crippen molar-refractivity contribution in [3.8, 4) is 6.01 Å². The first-order chi connectivity index (χ1) is 6.08. The van der Waals surface area contributed by atoms with Crippen molar-refractivity contribution >= 4 is 21.7 Å². The highest BCUT2D eigenvalue weighted by atomic mass is 79.9. The average molecular weight is 246 g/mol. The Morgan fingerprint density at radius 3 is 2.77 bits per heavy atom. The third-order valence-electron chi connectivity index (χ3n) is 1.24. The smallest absolute Gasteiger partial charge is 0.319 e. The van der Waals surface area contributed by atoms with Crippen LogP contribution >= 0.6 is 15.9 Å². The Hall–Kier alpha value is -0.840. The number of hydrogen-bond acceptors (Lipinski definition) is 4. The molecule has 0 aliphatic heterocycles. The molecule has 4 nitrogen and oxygen atoms in total. The first-order valence-corrected chi connectivity index (χ1v) is 4.80. The van der Waals surface area contributed by atoms with Gasteiger partial charge in [0, 0.05) is 6.07 Å². The van der Waals surface area contributed by atoms with Crippen LogP contribution in [0.5, 0.6) is 6.01 Å². The zero-order valence-corrected chi connectivity index (χ0v) is 9.21. The van der Waals surface area contributed by atoms with Crippen LogP contribution in [0, 0.1) is 5.92 Å². The molecule has 1 rings (SSSR count). The molecule has 0 saturated heterocycles. The normalized spacial score (nSPS) is 10.5. The summed E-state index contributed by atoms with van der Waals surface area (Å²) in [6.45, 7) is 4.71. The molecule has 0 saturated carbocycles. The van der Waals surface area contributed by atoms with E-state index in [2.05, 4.69) is 39.7 Å². The van der Waals surface area contributed by atoms with E-state index in [1.165, 1.54) is 0 Å². The van der Waals surface area contributed by atoms with E-state index in [0.29, 0.717) is 29.0 Å². The first-order valence-electron chi connectivity index (χ1n) is 4.01. The number of hydrogen-bond donors (Lipinski definition) is 1. The van der Waals surface area contributed by atoms with Gasteiger partial charge >= 0.3 is 6.01 Å². The lowest BCUT2D eigenvalue weighted by molar-refractivity contribution is 0.251. The lowest BCUT2D eigenvalue weighted by atomic mass is 10.2. The minimum Gasteiger partial charge on any atom is -0.463 e. The third kappa shape index (κ3) is 3.59. The Bertz CT molecular complexity index is 270. The van der Waals surface area contributed by atoms with Crippen molar-refractivity contribution in [1.82, 2.24) is 9.97 Å².